The molecule has 150 valence electrons. The highest BCUT2D eigenvalue weighted by molar-refractivity contribution is 7.89. The molecule has 0 spiro atoms. The van der Waals surface area contributed by atoms with Gasteiger partial charge >= 0.3 is 0 Å². The van der Waals surface area contributed by atoms with Crippen molar-refractivity contribution < 1.29 is 17.9 Å². The molecule has 8 heteroatoms. The van der Waals surface area contributed by atoms with Crippen LogP contribution < -0.4 is 5.32 Å². The molecule has 1 saturated heterocycles. The SMILES string of the molecule is Cc1cccc(CCC(=O)Nc2ccc(Cl)c(S(=O)(=O)N3CCOCC3)c2)c1. The van der Waals surface area contributed by atoms with Gasteiger partial charge in [0.15, 0.2) is 0 Å². The molecule has 1 amide bonds. The second-order valence-electron chi connectivity index (χ2n) is 6.70. The molecule has 1 heterocycles. The average molecular weight is 423 g/mol. The van der Waals surface area contributed by atoms with Crippen molar-refractivity contribution in [3.8, 4) is 0 Å². The van der Waals surface area contributed by atoms with Gasteiger partial charge in [0.05, 0.1) is 18.2 Å². The van der Waals surface area contributed by atoms with E-state index in [9.17, 15) is 13.2 Å². The predicted octanol–water partition coefficient (Wildman–Crippen LogP) is 3.24. The number of amides is 1. The molecule has 2 aromatic rings. The smallest absolute Gasteiger partial charge is 0.244 e. The van der Waals surface area contributed by atoms with Crippen LogP contribution in [0.25, 0.3) is 0 Å². The van der Waals surface area contributed by atoms with E-state index in [0.717, 1.165) is 11.1 Å². The summed E-state index contributed by atoms with van der Waals surface area (Å²) < 4.78 is 32.3. The van der Waals surface area contributed by atoms with E-state index in [1.807, 2.05) is 31.2 Å². The molecule has 0 atom stereocenters. The number of nitrogens with one attached hydrogen (secondary N) is 1. The molecule has 1 aliphatic rings. The molecule has 2 aromatic carbocycles. The number of carbonyl (C=O) groups excluding carboxylic acids is 1. The van der Waals surface area contributed by atoms with Crippen molar-refractivity contribution in [2.45, 2.75) is 24.7 Å². The third-order valence-electron chi connectivity index (χ3n) is 4.53. The minimum Gasteiger partial charge on any atom is -0.379 e. The van der Waals surface area contributed by atoms with E-state index in [0.29, 0.717) is 31.7 Å². The second kappa shape index (κ2) is 9.05. The molecule has 28 heavy (non-hydrogen) atoms. The van der Waals surface area contributed by atoms with Gasteiger partial charge in [-0.3, -0.25) is 4.79 Å². The zero-order chi connectivity index (χ0) is 20.1. The maximum absolute atomic E-state index is 12.9. The lowest BCUT2D eigenvalue weighted by atomic mass is 10.1. The summed E-state index contributed by atoms with van der Waals surface area (Å²) in [5.74, 6) is -0.182. The summed E-state index contributed by atoms with van der Waals surface area (Å²) in [4.78, 5) is 12.3. The zero-order valence-electron chi connectivity index (χ0n) is 15.7. The third kappa shape index (κ3) is 5.11. The van der Waals surface area contributed by atoms with Crippen molar-refractivity contribution in [3.05, 3.63) is 58.6 Å². The van der Waals surface area contributed by atoms with Crippen LogP contribution in [0.5, 0.6) is 0 Å². The maximum Gasteiger partial charge on any atom is 0.244 e. The molecule has 1 N–H and O–H groups in total. The van der Waals surface area contributed by atoms with E-state index in [1.165, 1.54) is 16.4 Å². The quantitative estimate of drug-likeness (QED) is 0.775. The van der Waals surface area contributed by atoms with Crippen LogP contribution in [0.3, 0.4) is 0 Å². The number of halogens is 1. The third-order valence-corrected chi connectivity index (χ3v) is 6.91. The fourth-order valence-electron chi connectivity index (χ4n) is 3.05. The lowest BCUT2D eigenvalue weighted by molar-refractivity contribution is -0.116. The van der Waals surface area contributed by atoms with Gasteiger partial charge in [0.2, 0.25) is 15.9 Å². The fourth-order valence-corrected chi connectivity index (χ4v) is 4.96. The van der Waals surface area contributed by atoms with Gasteiger partial charge in [-0.1, -0.05) is 41.4 Å². The van der Waals surface area contributed by atoms with Gasteiger partial charge in [-0.15, -0.1) is 0 Å². The van der Waals surface area contributed by atoms with Crippen molar-refractivity contribution in [2.75, 3.05) is 31.6 Å². The Kier molecular flexibility index (Phi) is 6.72. The van der Waals surface area contributed by atoms with Crippen molar-refractivity contribution in [3.63, 3.8) is 0 Å². The Labute approximate surface area is 170 Å². The molecule has 0 bridgehead atoms. The minimum absolute atomic E-state index is 0.00690. The monoisotopic (exact) mass is 422 g/mol. The van der Waals surface area contributed by atoms with Crippen LogP contribution in [-0.2, 0) is 26.0 Å². The van der Waals surface area contributed by atoms with Gasteiger partial charge < -0.3 is 10.1 Å². The number of sulfonamides is 1. The van der Waals surface area contributed by atoms with Crippen LogP contribution in [0.1, 0.15) is 17.5 Å². The van der Waals surface area contributed by atoms with E-state index in [4.69, 9.17) is 16.3 Å². The number of aryl methyl sites for hydroxylation is 2. The summed E-state index contributed by atoms with van der Waals surface area (Å²) >= 11 is 6.14. The normalized spacial score (nSPS) is 15.4. The molecule has 0 aromatic heterocycles. The van der Waals surface area contributed by atoms with Gasteiger partial charge in [0.1, 0.15) is 4.90 Å². The van der Waals surface area contributed by atoms with Crippen molar-refractivity contribution in [1.29, 1.82) is 0 Å². The Bertz CT molecular complexity index is 956. The number of carbonyl (C=O) groups is 1. The summed E-state index contributed by atoms with van der Waals surface area (Å²) in [7, 11) is -3.74. The summed E-state index contributed by atoms with van der Waals surface area (Å²) in [6.45, 7) is 3.28. The average Bonchev–Trinajstić information content (AvgIpc) is 2.68. The van der Waals surface area contributed by atoms with Crippen LogP contribution in [-0.4, -0.2) is 44.9 Å². The number of nitrogens with zero attached hydrogens (tertiary/aromatic N) is 1. The van der Waals surface area contributed by atoms with E-state index in [1.54, 1.807) is 6.07 Å². The highest BCUT2D eigenvalue weighted by atomic mass is 35.5. The van der Waals surface area contributed by atoms with Crippen LogP contribution in [0.4, 0.5) is 5.69 Å². The first kappa shape index (κ1) is 20.8. The minimum atomic E-state index is -3.74. The van der Waals surface area contributed by atoms with Gasteiger partial charge in [-0.2, -0.15) is 4.31 Å². The van der Waals surface area contributed by atoms with Crippen LogP contribution in [0.2, 0.25) is 5.02 Å². The summed E-state index contributed by atoms with van der Waals surface area (Å²) in [6.07, 6.45) is 0.914. The highest BCUT2D eigenvalue weighted by Gasteiger charge is 2.28. The Morgan fingerprint density at radius 3 is 2.64 bits per heavy atom. The first-order chi connectivity index (χ1) is 13.4. The number of hydrogen-bond acceptors (Lipinski definition) is 4. The van der Waals surface area contributed by atoms with E-state index < -0.39 is 10.0 Å². The molecule has 0 unspecified atom stereocenters. The Balaban J connectivity index is 1.69. The summed E-state index contributed by atoms with van der Waals surface area (Å²) in [5, 5.41) is 2.89. The highest BCUT2D eigenvalue weighted by Crippen LogP contribution is 2.28. The van der Waals surface area contributed by atoms with Gasteiger partial charge in [0.25, 0.3) is 0 Å². The van der Waals surface area contributed by atoms with Crippen molar-refractivity contribution in [1.82, 2.24) is 4.31 Å². The molecule has 0 aliphatic carbocycles. The molecule has 1 fully saturated rings. The van der Waals surface area contributed by atoms with Gasteiger partial charge in [-0.25, -0.2) is 8.42 Å². The number of morpholine rings is 1. The fraction of sp³-hybridized carbons (Fsp3) is 0.350. The largest absolute Gasteiger partial charge is 0.379 e. The van der Waals surface area contributed by atoms with Crippen LogP contribution in [0.15, 0.2) is 47.4 Å². The molecule has 3 rings (SSSR count). The lowest BCUT2D eigenvalue weighted by Gasteiger charge is -2.26. The molecule has 6 nitrogen and oxygen atoms in total. The van der Waals surface area contributed by atoms with Gasteiger partial charge in [0, 0.05) is 25.2 Å². The van der Waals surface area contributed by atoms with Crippen LogP contribution >= 0.6 is 11.6 Å². The summed E-state index contributed by atoms with van der Waals surface area (Å²) in [5.41, 5.74) is 2.64. The Morgan fingerprint density at radius 2 is 1.93 bits per heavy atom. The first-order valence-corrected chi connectivity index (χ1v) is 10.9. The molecule has 0 radical (unpaired) electrons. The molecular weight excluding hydrogens is 400 g/mol. The first-order valence-electron chi connectivity index (χ1n) is 9.09. The van der Waals surface area contributed by atoms with Gasteiger partial charge in [-0.05, 0) is 37.1 Å². The number of anilines is 1. The van der Waals surface area contributed by atoms with E-state index in [2.05, 4.69) is 5.32 Å². The Hall–Kier alpha value is -1.93. The standard InChI is InChI=1S/C20H23ClN2O4S/c1-15-3-2-4-16(13-15)5-8-20(24)22-17-6-7-18(21)19(14-17)28(25,26)23-9-11-27-12-10-23/h2-4,6-7,13-14H,5,8-12H2,1H3,(H,22,24). The molecule has 0 saturated carbocycles. The number of benzene rings is 2. The molecule has 1 aliphatic heterocycles. The maximum atomic E-state index is 12.9. The number of hydrogen-bond donors (Lipinski definition) is 1. The van der Waals surface area contributed by atoms with E-state index >= 15 is 0 Å². The number of rotatable bonds is 6. The lowest BCUT2D eigenvalue weighted by Crippen LogP contribution is -2.40. The topological polar surface area (TPSA) is 75.7 Å². The van der Waals surface area contributed by atoms with Crippen molar-refractivity contribution >= 4 is 33.2 Å². The summed E-state index contributed by atoms with van der Waals surface area (Å²) in [6, 6.07) is 12.5. The number of ether oxygens (including phenoxy) is 1. The predicted molar refractivity (Wildman–Crippen MR) is 109 cm³/mol. The Morgan fingerprint density at radius 1 is 1.18 bits per heavy atom. The zero-order valence-corrected chi connectivity index (χ0v) is 17.2. The second-order valence-corrected chi connectivity index (χ2v) is 9.01. The molecular formula is C20H23ClN2O4S. The van der Waals surface area contributed by atoms with Crippen LogP contribution in [0, 0.1) is 6.92 Å². The van der Waals surface area contributed by atoms with Crippen molar-refractivity contribution in [2.24, 2.45) is 0 Å². The van der Waals surface area contributed by atoms with E-state index in [-0.39, 0.29) is 28.9 Å².